The van der Waals surface area contributed by atoms with Crippen LogP contribution in [0.25, 0.3) is 6.08 Å². The second kappa shape index (κ2) is 4.29. The largest absolute Gasteiger partial charge is 0.478 e. The summed E-state index contributed by atoms with van der Waals surface area (Å²) in [6.45, 7) is 3.44. The van der Waals surface area contributed by atoms with Crippen molar-refractivity contribution in [3.63, 3.8) is 0 Å². The van der Waals surface area contributed by atoms with Crippen molar-refractivity contribution in [3.8, 4) is 0 Å². The first kappa shape index (κ1) is 10.8. The van der Waals surface area contributed by atoms with Crippen LogP contribution in [-0.4, -0.2) is 11.1 Å². The molecule has 0 amide bonds. The van der Waals surface area contributed by atoms with Crippen LogP contribution in [0, 0.1) is 6.92 Å². The van der Waals surface area contributed by atoms with Crippen molar-refractivity contribution in [2.75, 3.05) is 0 Å². The highest BCUT2D eigenvalue weighted by Gasteiger charge is 2.04. The Labute approximate surface area is 87.8 Å². The topological polar surface area (TPSA) is 37.3 Å². The van der Waals surface area contributed by atoms with E-state index in [-0.39, 0.29) is 5.57 Å². The van der Waals surface area contributed by atoms with Crippen molar-refractivity contribution in [2.24, 2.45) is 0 Å². The Hall–Kier alpha value is -1.28. The van der Waals surface area contributed by atoms with E-state index in [1.807, 2.05) is 19.1 Å². The smallest absolute Gasteiger partial charge is 0.331 e. The molecule has 3 heteroatoms. The minimum atomic E-state index is -0.927. The molecule has 0 saturated carbocycles. The van der Waals surface area contributed by atoms with Crippen LogP contribution >= 0.6 is 11.6 Å². The summed E-state index contributed by atoms with van der Waals surface area (Å²) >= 11 is 5.94. The molecular formula is C11H11ClO2. The quantitative estimate of drug-likeness (QED) is 0.762. The van der Waals surface area contributed by atoms with Crippen molar-refractivity contribution in [1.29, 1.82) is 0 Å². The van der Waals surface area contributed by atoms with Gasteiger partial charge in [0.2, 0.25) is 0 Å². The summed E-state index contributed by atoms with van der Waals surface area (Å²) in [5.74, 6) is -0.927. The molecule has 0 aliphatic heterocycles. The molecular weight excluding hydrogens is 200 g/mol. The van der Waals surface area contributed by atoms with E-state index in [2.05, 4.69) is 0 Å². The molecule has 1 aromatic carbocycles. The van der Waals surface area contributed by atoms with E-state index in [0.717, 1.165) is 11.1 Å². The molecule has 1 rings (SSSR count). The standard InChI is InChI=1S/C11H11ClO2/c1-7-4-3-5-10(12)9(7)6-8(2)11(13)14/h3-6H,1-2H3,(H,13,14). The van der Waals surface area contributed by atoms with Crippen LogP contribution in [0.5, 0.6) is 0 Å². The Bertz CT molecular complexity index is 374. The van der Waals surface area contributed by atoms with Gasteiger partial charge in [0.1, 0.15) is 0 Å². The Morgan fingerprint density at radius 2 is 2.14 bits per heavy atom. The predicted octanol–water partition coefficient (Wildman–Crippen LogP) is 3.14. The predicted molar refractivity (Wildman–Crippen MR) is 57.5 cm³/mol. The maximum absolute atomic E-state index is 10.6. The molecule has 1 N–H and O–H groups in total. The van der Waals surface area contributed by atoms with Crippen molar-refractivity contribution < 1.29 is 9.90 Å². The maximum Gasteiger partial charge on any atom is 0.331 e. The number of aryl methyl sites for hydroxylation is 1. The van der Waals surface area contributed by atoms with E-state index in [0.29, 0.717) is 5.02 Å². The van der Waals surface area contributed by atoms with Crippen molar-refractivity contribution in [1.82, 2.24) is 0 Å². The fraction of sp³-hybridized carbons (Fsp3) is 0.182. The highest BCUT2D eigenvalue weighted by atomic mass is 35.5. The summed E-state index contributed by atoms with van der Waals surface area (Å²) in [7, 11) is 0. The molecule has 0 heterocycles. The van der Waals surface area contributed by atoms with Crippen LogP contribution in [0.1, 0.15) is 18.1 Å². The summed E-state index contributed by atoms with van der Waals surface area (Å²) in [5, 5.41) is 9.29. The van der Waals surface area contributed by atoms with Gasteiger partial charge in [0.15, 0.2) is 0 Å². The molecule has 0 fully saturated rings. The minimum Gasteiger partial charge on any atom is -0.478 e. The highest BCUT2D eigenvalue weighted by Crippen LogP contribution is 2.22. The van der Waals surface area contributed by atoms with E-state index >= 15 is 0 Å². The van der Waals surface area contributed by atoms with Gasteiger partial charge in [-0.05, 0) is 37.1 Å². The Morgan fingerprint density at radius 3 is 2.64 bits per heavy atom. The van der Waals surface area contributed by atoms with E-state index < -0.39 is 5.97 Å². The van der Waals surface area contributed by atoms with Gasteiger partial charge in [-0.2, -0.15) is 0 Å². The lowest BCUT2D eigenvalue weighted by molar-refractivity contribution is -0.132. The van der Waals surface area contributed by atoms with E-state index in [1.165, 1.54) is 0 Å². The third-order valence-electron chi connectivity index (χ3n) is 1.97. The molecule has 14 heavy (non-hydrogen) atoms. The van der Waals surface area contributed by atoms with Crippen LogP contribution in [0.15, 0.2) is 23.8 Å². The number of carboxylic acids is 1. The Balaban J connectivity index is 3.20. The van der Waals surface area contributed by atoms with Gasteiger partial charge in [-0.1, -0.05) is 23.7 Å². The zero-order valence-corrected chi connectivity index (χ0v) is 8.80. The van der Waals surface area contributed by atoms with Crippen molar-refractivity contribution in [2.45, 2.75) is 13.8 Å². The number of rotatable bonds is 2. The van der Waals surface area contributed by atoms with Gasteiger partial charge in [0.25, 0.3) is 0 Å². The van der Waals surface area contributed by atoms with Gasteiger partial charge in [0, 0.05) is 10.6 Å². The second-order valence-electron chi connectivity index (χ2n) is 3.10. The zero-order valence-electron chi connectivity index (χ0n) is 8.04. The number of carboxylic acid groups (broad SMARTS) is 1. The van der Waals surface area contributed by atoms with Gasteiger partial charge >= 0.3 is 5.97 Å². The lowest BCUT2D eigenvalue weighted by Crippen LogP contribution is -1.96. The molecule has 0 atom stereocenters. The number of carbonyl (C=O) groups is 1. The minimum absolute atomic E-state index is 0.279. The van der Waals surface area contributed by atoms with Gasteiger partial charge in [-0.3, -0.25) is 0 Å². The zero-order chi connectivity index (χ0) is 10.7. The maximum atomic E-state index is 10.6. The summed E-state index contributed by atoms with van der Waals surface area (Å²) in [5.41, 5.74) is 2.02. The first-order chi connectivity index (χ1) is 6.52. The number of aliphatic carboxylic acids is 1. The fourth-order valence-electron chi connectivity index (χ4n) is 1.11. The molecule has 0 aromatic heterocycles. The number of halogens is 1. The second-order valence-corrected chi connectivity index (χ2v) is 3.51. The molecule has 0 radical (unpaired) electrons. The fourth-order valence-corrected chi connectivity index (χ4v) is 1.38. The molecule has 0 unspecified atom stereocenters. The van der Waals surface area contributed by atoms with Crippen LogP contribution < -0.4 is 0 Å². The first-order valence-corrected chi connectivity index (χ1v) is 4.57. The summed E-state index contributed by atoms with van der Waals surface area (Å²) in [4.78, 5) is 10.6. The molecule has 0 aliphatic carbocycles. The monoisotopic (exact) mass is 210 g/mol. The molecule has 2 nitrogen and oxygen atoms in total. The van der Waals surface area contributed by atoms with Crippen LogP contribution in [0.3, 0.4) is 0 Å². The van der Waals surface area contributed by atoms with Crippen LogP contribution in [-0.2, 0) is 4.79 Å². The number of benzene rings is 1. The normalized spacial score (nSPS) is 11.5. The molecule has 0 aliphatic rings. The summed E-state index contributed by atoms with van der Waals surface area (Å²) in [6, 6.07) is 5.48. The molecule has 0 saturated heterocycles. The van der Waals surface area contributed by atoms with Crippen molar-refractivity contribution >= 4 is 23.6 Å². The van der Waals surface area contributed by atoms with Gasteiger partial charge in [0.05, 0.1) is 0 Å². The van der Waals surface area contributed by atoms with Crippen LogP contribution in [0.4, 0.5) is 0 Å². The third kappa shape index (κ3) is 2.36. The third-order valence-corrected chi connectivity index (χ3v) is 2.30. The number of hydrogen-bond donors (Lipinski definition) is 1. The van der Waals surface area contributed by atoms with Gasteiger partial charge in [-0.15, -0.1) is 0 Å². The lowest BCUT2D eigenvalue weighted by atomic mass is 10.1. The summed E-state index contributed by atoms with van der Waals surface area (Å²) < 4.78 is 0. The molecule has 1 aromatic rings. The van der Waals surface area contributed by atoms with Crippen molar-refractivity contribution in [3.05, 3.63) is 39.9 Å². The molecule has 74 valence electrons. The Morgan fingerprint density at radius 1 is 1.50 bits per heavy atom. The van der Waals surface area contributed by atoms with Gasteiger partial charge in [-0.25, -0.2) is 4.79 Å². The average Bonchev–Trinajstić information content (AvgIpc) is 2.11. The molecule has 0 spiro atoms. The Kier molecular flexibility index (Phi) is 3.31. The summed E-state index contributed by atoms with van der Waals surface area (Å²) in [6.07, 6.45) is 1.58. The first-order valence-electron chi connectivity index (χ1n) is 4.19. The molecule has 0 bridgehead atoms. The van der Waals surface area contributed by atoms with E-state index in [4.69, 9.17) is 16.7 Å². The lowest BCUT2D eigenvalue weighted by Gasteiger charge is -2.03. The SMILES string of the molecule is CC(=Cc1c(C)cccc1Cl)C(=O)O. The number of hydrogen-bond acceptors (Lipinski definition) is 1. The van der Waals surface area contributed by atoms with E-state index in [9.17, 15) is 4.79 Å². The average molecular weight is 211 g/mol. The van der Waals surface area contributed by atoms with E-state index in [1.54, 1.807) is 19.1 Å². The van der Waals surface area contributed by atoms with Crippen LogP contribution in [0.2, 0.25) is 5.02 Å². The highest BCUT2D eigenvalue weighted by molar-refractivity contribution is 6.32. The van der Waals surface area contributed by atoms with Gasteiger partial charge < -0.3 is 5.11 Å².